The number of para-hydroxylation sites is 2. The predicted octanol–water partition coefficient (Wildman–Crippen LogP) is 4.60. The molecule has 0 fully saturated rings. The number of carbonyl (C=O) groups is 1. The van der Waals surface area contributed by atoms with E-state index in [1.807, 2.05) is 48.5 Å². The minimum absolute atomic E-state index is 0.243. The van der Waals surface area contributed by atoms with Crippen LogP contribution in [0.4, 0.5) is 4.39 Å². The maximum atomic E-state index is 13.2. The SMILES string of the molecule is O=C(/C=C/c1cccc(-c2nc3ccccc3n2CCc2ccc(F)cc2)c1)NO. The lowest BCUT2D eigenvalue weighted by atomic mass is 10.1. The molecule has 0 unspecified atom stereocenters. The number of imidazole rings is 1. The molecule has 0 aliphatic heterocycles. The number of rotatable bonds is 6. The van der Waals surface area contributed by atoms with E-state index in [0.717, 1.165) is 40.0 Å². The van der Waals surface area contributed by atoms with Gasteiger partial charge in [-0.2, -0.15) is 0 Å². The number of hydrogen-bond acceptors (Lipinski definition) is 3. The van der Waals surface area contributed by atoms with Crippen LogP contribution in [0.5, 0.6) is 0 Å². The third kappa shape index (κ3) is 4.29. The first-order valence-electron chi connectivity index (χ1n) is 9.56. The highest BCUT2D eigenvalue weighted by Crippen LogP contribution is 2.26. The Balaban J connectivity index is 1.70. The summed E-state index contributed by atoms with van der Waals surface area (Å²) in [5.41, 5.74) is 6.27. The Labute approximate surface area is 173 Å². The van der Waals surface area contributed by atoms with Crippen LogP contribution in [0.3, 0.4) is 0 Å². The molecule has 6 heteroatoms. The summed E-state index contributed by atoms with van der Waals surface area (Å²) in [5, 5.41) is 8.65. The lowest BCUT2D eigenvalue weighted by molar-refractivity contribution is -0.124. The molecule has 0 bridgehead atoms. The van der Waals surface area contributed by atoms with E-state index in [1.54, 1.807) is 23.7 Å². The van der Waals surface area contributed by atoms with Crippen LogP contribution in [0.1, 0.15) is 11.1 Å². The number of halogens is 1. The summed E-state index contributed by atoms with van der Waals surface area (Å²) in [7, 11) is 0. The van der Waals surface area contributed by atoms with Gasteiger partial charge >= 0.3 is 0 Å². The Morgan fingerprint density at radius 3 is 2.67 bits per heavy atom. The Morgan fingerprint density at radius 1 is 1.07 bits per heavy atom. The molecule has 0 aliphatic carbocycles. The summed E-state index contributed by atoms with van der Waals surface area (Å²) in [6.07, 6.45) is 3.63. The zero-order valence-corrected chi connectivity index (χ0v) is 16.1. The Hall–Kier alpha value is -3.77. The third-order valence-corrected chi connectivity index (χ3v) is 4.87. The summed E-state index contributed by atoms with van der Waals surface area (Å²) in [5.74, 6) is -0.0145. The van der Waals surface area contributed by atoms with Crippen LogP contribution in [0.15, 0.2) is 78.9 Å². The van der Waals surface area contributed by atoms with Gasteiger partial charge in [-0.25, -0.2) is 14.9 Å². The van der Waals surface area contributed by atoms with Gasteiger partial charge in [0, 0.05) is 18.2 Å². The van der Waals surface area contributed by atoms with Gasteiger partial charge in [0.05, 0.1) is 11.0 Å². The number of carbonyl (C=O) groups excluding carboxylic acids is 1. The summed E-state index contributed by atoms with van der Waals surface area (Å²) in [6, 6.07) is 22.2. The molecule has 0 atom stereocenters. The molecule has 0 saturated heterocycles. The summed E-state index contributed by atoms with van der Waals surface area (Å²) in [4.78, 5) is 16.1. The molecule has 5 nitrogen and oxygen atoms in total. The first-order valence-corrected chi connectivity index (χ1v) is 9.56. The van der Waals surface area contributed by atoms with Gasteiger partial charge in [-0.15, -0.1) is 0 Å². The highest BCUT2D eigenvalue weighted by atomic mass is 19.1. The van der Waals surface area contributed by atoms with E-state index < -0.39 is 5.91 Å². The summed E-state index contributed by atoms with van der Waals surface area (Å²) >= 11 is 0. The minimum atomic E-state index is -0.591. The Kier molecular flexibility index (Phi) is 5.68. The largest absolute Gasteiger partial charge is 0.324 e. The van der Waals surface area contributed by atoms with E-state index in [9.17, 15) is 9.18 Å². The molecule has 1 amide bonds. The quantitative estimate of drug-likeness (QED) is 0.282. The number of hydroxylamine groups is 1. The van der Waals surface area contributed by atoms with Crippen LogP contribution in [-0.2, 0) is 17.8 Å². The molecule has 4 rings (SSSR count). The van der Waals surface area contributed by atoms with E-state index >= 15 is 0 Å². The van der Waals surface area contributed by atoms with Crippen LogP contribution < -0.4 is 5.48 Å². The fraction of sp³-hybridized carbons (Fsp3) is 0.0833. The fourth-order valence-electron chi connectivity index (χ4n) is 3.40. The van der Waals surface area contributed by atoms with E-state index in [4.69, 9.17) is 10.2 Å². The van der Waals surface area contributed by atoms with Crippen molar-refractivity contribution in [1.29, 1.82) is 0 Å². The molecule has 30 heavy (non-hydrogen) atoms. The van der Waals surface area contributed by atoms with Crippen LogP contribution >= 0.6 is 0 Å². The van der Waals surface area contributed by atoms with Gasteiger partial charge in [0.25, 0.3) is 5.91 Å². The molecule has 0 spiro atoms. The third-order valence-electron chi connectivity index (χ3n) is 4.87. The zero-order chi connectivity index (χ0) is 20.9. The van der Waals surface area contributed by atoms with Crippen molar-refractivity contribution in [2.45, 2.75) is 13.0 Å². The normalized spacial score (nSPS) is 11.3. The van der Waals surface area contributed by atoms with E-state index in [-0.39, 0.29) is 5.82 Å². The highest BCUT2D eigenvalue weighted by Gasteiger charge is 2.13. The second-order valence-electron chi connectivity index (χ2n) is 6.89. The molecule has 2 N–H and O–H groups in total. The second-order valence-corrected chi connectivity index (χ2v) is 6.89. The van der Waals surface area contributed by atoms with Gasteiger partial charge in [-0.05, 0) is 54.0 Å². The molecule has 3 aromatic carbocycles. The number of hydrogen-bond donors (Lipinski definition) is 2. The first-order chi connectivity index (χ1) is 14.6. The Bertz CT molecular complexity index is 1210. The van der Waals surface area contributed by atoms with Gasteiger partial charge in [0.2, 0.25) is 0 Å². The highest BCUT2D eigenvalue weighted by molar-refractivity contribution is 5.91. The van der Waals surface area contributed by atoms with Crippen molar-refractivity contribution >= 4 is 23.0 Å². The van der Waals surface area contributed by atoms with Gasteiger partial charge in [0.1, 0.15) is 11.6 Å². The molecule has 1 heterocycles. The second kappa shape index (κ2) is 8.71. The molecule has 1 aromatic heterocycles. The van der Waals surface area contributed by atoms with Crippen LogP contribution in [0.25, 0.3) is 28.5 Å². The zero-order valence-electron chi connectivity index (χ0n) is 16.1. The number of fused-ring (bicyclic) bond motifs is 1. The van der Waals surface area contributed by atoms with Crippen molar-refractivity contribution in [1.82, 2.24) is 15.0 Å². The van der Waals surface area contributed by atoms with Crippen molar-refractivity contribution in [2.24, 2.45) is 0 Å². The van der Waals surface area contributed by atoms with E-state index in [1.165, 1.54) is 18.2 Å². The Morgan fingerprint density at radius 2 is 1.87 bits per heavy atom. The lowest BCUT2D eigenvalue weighted by Gasteiger charge is -2.10. The molecule has 150 valence electrons. The predicted molar refractivity (Wildman–Crippen MR) is 114 cm³/mol. The van der Waals surface area contributed by atoms with Crippen LogP contribution in [0, 0.1) is 5.82 Å². The van der Waals surface area contributed by atoms with Gasteiger partial charge in [-0.1, -0.05) is 42.5 Å². The maximum Gasteiger partial charge on any atom is 0.267 e. The van der Waals surface area contributed by atoms with Crippen LogP contribution in [-0.4, -0.2) is 20.7 Å². The molecular weight excluding hydrogens is 381 g/mol. The number of aromatic nitrogens is 2. The fourth-order valence-corrected chi connectivity index (χ4v) is 3.40. The molecule has 0 aliphatic rings. The van der Waals surface area contributed by atoms with Gasteiger partial charge in [0.15, 0.2) is 0 Å². The molecular formula is C24H20FN3O2. The number of amides is 1. The van der Waals surface area contributed by atoms with Crippen molar-refractivity contribution in [3.63, 3.8) is 0 Å². The maximum absolute atomic E-state index is 13.2. The minimum Gasteiger partial charge on any atom is -0.324 e. The van der Waals surface area contributed by atoms with Crippen molar-refractivity contribution in [3.05, 3.63) is 95.8 Å². The van der Waals surface area contributed by atoms with Crippen molar-refractivity contribution in [2.75, 3.05) is 0 Å². The summed E-state index contributed by atoms with van der Waals surface area (Å²) < 4.78 is 15.4. The average molecular weight is 401 g/mol. The van der Waals surface area contributed by atoms with Gasteiger partial charge < -0.3 is 4.57 Å². The standard InChI is InChI=1S/C24H20FN3O2/c25-20-11-8-17(9-12-20)14-15-28-22-7-2-1-6-21(22)26-24(28)19-5-3-4-18(16-19)10-13-23(29)27-30/h1-13,16,30H,14-15H2,(H,27,29)/b13-10+. The molecule has 0 saturated carbocycles. The number of nitrogens with one attached hydrogen (secondary N) is 1. The smallest absolute Gasteiger partial charge is 0.267 e. The lowest BCUT2D eigenvalue weighted by Crippen LogP contribution is -2.14. The summed E-state index contributed by atoms with van der Waals surface area (Å²) in [6.45, 7) is 0.689. The molecule has 4 aromatic rings. The number of aryl methyl sites for hydroxylation is 2. The van der Waals surface area contributed by atoms with E-state index in [2.05, 4.69) is 4.57 Å². The number of benzene rings is 3. The average Bonchev–Trinajstić information content (AvgIpc) is 3.16. The molecule has 0 radical (unpaired) electrons. The van der Waals surface area contributed by atoms with Crippen LogP contribution in [0.2, 0.25) is 0 Å². The van der Waals surface area contributed by atoms with E-state index in [0.29, 0.717) is 6.54 Å². The monoisotopic (exact) mass is 401 g/mol. The van der Waals surface area contributed by atoms with Crippen molar-refractivity contribution < 1.29 is 14.4 Å². The topological polar surface area (TPSA) is 67.2 Å². The number of nitrogens with zero attached hydrogens (tertiary/aromatic N) is 2. The first kappa shape index (κ1) is 19.5. The van der Waals surface area contributed by atoms with Gasteiger partial charge in [-0.3, -0.25) is 10.0 Å². The van der Waals surface area contributed by atoms with Crippen molar-refractivity contribution in [3.8, 4) is 11.4 Å².